The van der Waals surface area contributed by atoms with E-state index in [0.29, 0.717) is 19.4 Å². The first-order valence-electron chi connectivity index (χ1n) is 15.0. The highest BCUT2D eigenvalue weighted by Gasteiger charge is 2.38. The van der Waals surface area contributed by atoms with Crippen LogP contribution in [0, 0.1) is 0 Å². The van der Waals surface area contributed by atoms with Crippen molar-refractivity contribution in [3.05, 3.63) is 102 Å². The van der Waals surface area contributed by atoms with Crippen molar-refractivity contribution < 1.29 is 24.3 Å². The van der Waals surface area contributed by atoms with Gasteiger partial charge in [0.1, 0.15) is 23.9 Å². The summed E-state index contributed by atoms with van der Waals surface area (Å²) in [6, 6.07) is 19.5. The normalized spacial score (nSPS) is 16.6. The molecule has 2 heterocycles. The first-order chi connectivity index (χ1) is 21.7. The number of benzene rings is 3. The Morgan fingerprint density at radius 2 is 1.56 bits per heavy atom. The number of fused-ring (bicyclic) bond motifs is 1. The minimum absolute atomic E-state index is 0.114. The largest absolute Gasteiger partial charge is 0.508 e. The number of rotatable bonds is 12. The third kappa shape index (κ3) is 7.68. The lowest BCUT2D eigenvalue weighted by Gasteiger charge is -2.29. The van der Waals surface area contributed by atoms with Crippen molar-refractivity contribution in [1.29, 1.82) is 0 Å². The van der Waals surface area contributed by atoms with Crippen molar-refractivity contribution in [2.75, 3.05) is 6.54 Å². The Labute approximate surface area is 261 Å². The van der Waals surface area contributed by atoms with E-state index in [1.54, 1.807) is 18.3 Å². The standard InChI is InChI=1S/C34H38N6O5/c35-26(17-22-12-14-24(41)15-13-22)34(45)40-16-6-11-30(40)33(44)39-29(19-23-20-37-27-10-5-4-9-25(23)27)32(43)38-28(31(36)42)18-21-7-2-1-3-8-21/h1-5,7-10,12-15,20,26,28-30,37,41H,6,11,16-19,35H2,(H2,36,42)(H,38,43)(H,39,44)/t26-,28+,29-,30-/m0/s1. The molecule has 3 aromatic carbocycles. The van der Waals surface area contributed by atoms with Gasteiger partial charge in [0.15, 0.2) is 0 Å². The van der Waals surface area contributed by atoms with Crippen LogP contribution in [0.3, 0.4) is 0 Å². The van der Waals surface area contributed by atoms with Gasteiger partial charge in [-0.1, -0.05) is 60.7 Å². The highest BCUT2D eigenvalue weighted by molar-refractivity contribution is 5.95. The molecule has 4 atom stereocenters. The summed E-state index contributed by atoms with van der Waals surface area (Å²) in [4.78, 5) is 57.9. The van der Waals surface area contributed by atoms with Gasteiger partial charge in [0.25, 0.3) is 0 Å². The number of phenols is 1. The van der Waals surface area contributed by atoms with E-state index >= 15 is 0 Å². The van der Waals surface area contributed by atoms with Crippen molar-refractivity contribution in [3.63, 3.8) is 0 Å². The Balaban J connectivity index is 1.33. The first-order valence-corrected chi connectivity index (χ1v) is 15.0. The molecule has 1 fully saturated rings. The van der Waals surface area contributed by atoms with Gasteiger partial charge in [0.05, 0.1) is 6.04 Å². The number of likely N-dealkylation sites (tertiary alicyclic amines) is 1. The molecule has 1 aliphatic rings. The Morgan fingerprint density at radius 3 is 2.29 bits per heavy atom. The van der Waals surface area contributed by atoms with Gasteiger partial charge in [-0.2, -0.15) is 0 Å². The van der Waals surface area contributed by atoms with E-state index in [2.05, 4.69) is 15.6 Å². The van der Waals surface area contributed by atoms with Crippen molar-refractivity contribution in [1.82, 2.24) is 20.5 Å². The number of hydrogen-bond donors (Lipinski definition) is 6. The molecule has 45 heavy (non-hydrogen) atoms. The average Bonchev–Trinajstić information content (AvgIpc) is 3.69. The lowest BCUT2D eigenvalue weighted by atomic mass is 10.0. The van der Waals surface area contributed by atoms with Crippen molar-refractivity contribution in [2.45, 2.75) is 56.3 Å². The van der Waals surface area contributed by atoms with Crippen LogP contribution in [0.1, 0.15) is 29.5 Å². The number of hydrogen-bond acceptors (Lipinski definition) is 6. The molecule has 4 aromatic rings. The second kappa shape index (κ2) is 14.1. The SMILES string of the molecule is NC(=O)[C@@H](Cc1ccccc1)NC(=O)[C@H](Cc1c[nH]c2ccccc12)NC(=O)[C@@H]1CCCN1C(=O)[C@@H](N)Cc1ccc(O)cc1. The second-order valence-electron chi connectivity index (χ2n) is 11.4. The van der Waals surface area contributed by atoms with Gasteiger partial charge in [-0.05, 0) is 54.2 Å². The highest BCUT2D eigenvalue weighted by atomic mass is 16.3. The summed E-state index contributed by atoms with van der Waals surface area (Å²) in [5.41, 5.74) is 15.2. The molecule has 5 rings (SSSR count). The Kier molecular flexibility index (Phi) is 9.79. The molecular weight excluding hydrogens is 572 g/mol. The van der Waals surface area contributed by atoms with Gasteiger partial charge in [-0.25, -0.2) is 0 Å². The summed E-state index contributed by atoms with van der Waals surface area (Å²) in [5, 5.41) is 16.1. The van der Waals surface area contributed by atoms with Crippen LogP contribution in [0.5, 0.6) is 5.75 Å². The fourth-order valence-corrected chi connectivity index (χ4v) is 5.83. The Hall–Kier alpha value is -5.16. The Bertz CT molecular complexity index is 1650. The van der Waals surface area contributed by atoms with E-state index in [-0.39, 0.29) is 30.9 Å². The lowest BCUT2D eigenvalue weighted by Crippen LogP contribution is -2.58. The molecule has 11 nitrogen and oxygen atoms in total. The summed E-state index contributed by atoms with van der Waals surface area (Å²) in [6.45, 7) is 0.361. The maximum Gasteiger partial charge on any atom is 0.243 e. The first kappa shape index (κ1) is 31.3. The molecule has 234 valence electrons. The minimum Gasteiger partial charge on any atom is -0.508 e. The summed E-state index contributed by atoms with van der Waals surface area (Å²) in [7, 11) is 0. The number of aromatic nitrogens is 1. The molecule has 1 aliphatic heterocycles. The molecule has 0 spiro atoms. The summed E-state index contributed by atoms with van der Waals surface area (Å²) < 4.78 is 0. The van der Waals surface area contributed by atoms with Crippen LogP contribution in [0.4, 0.5) is 0 Å². The zero-order chi connectivity index (χ0) is 31.9. The van der Waals surface area contributed by atoms with Gasteiger partial charge in [-0.15, -0.1) is 0 Å². The van der Waals surface area contributed by atoms with Gasteiger partial charge in [0, 0.05) is 36.5 Å². The van der Waals surface area contributed by atoms with E-state index < -0.39 is 41.9 Å². The molecule has 1 saturated heterocycles. The zero-order valence-corrected chi connectivity index (χ0v) is 24.8. The molecule has 1 aromatic heterocycles. The van der Waals surface area contributed by atoms with Crippen molar-refractivity contribution in [2.24, 2.45) is 11.5 Å². The predicted octanol–water partition coefficient (Wildman–Crippen LogP) is 1.67. The highest BCUT2D eigenvalue weighted by Crippen LogP contribution is 2.22. The van der Waals surface area contributed by atoms with Gasteiger partial charge in [-0.3, -0.25) is 19.2 Å². The van der Waals surface area contributed by atoms with Crippen LogP contribution < -0.4 is 22.1 Å². The number of carbonyl (C=O) groups excluding carboxylic acids is 4. The maximum atomic E-state index is 13.7. The number of H-pyrrole nitrogens is 1. The summed E-state index contributed by atoms with van der Waals surface area (Å²) in [6.07, 6.45) is 3.39. The number of nitrogens with two attached hydrogens (primary N) is 2. The number of nitrogens with one attached hydrogen (secondary N) is 3. The van der Waals surface area contributed by atoms with Crippen LogP contribution in [0.15, 0.2) is 85.1 Å². The number of aromatic hydroxyl groups is 1. The van der Waals surface area contributed by atoms with Gasteiger partial charge >= 0.3 is 0 Å². The lowest BCUT2D eigenvalue weighted by molar-refractivity contribution is -0.140. The molecule has 4 amide bonds. The smallest absolute Gasteiger partial charge is 0.243 e. The van der Waals surface area contributed by atoms with E-state index in [0.717, 1.165) is 27.6 Å². The molecule has 0 radical (unpaired) electrons. The number of primary amides is 1. The van der Waals surface area contributed by atoms with E-state index in [4.69, 9.17) is 11.5 Å². The van der Waals surface area contributed by atoms with Crippen LogP contribution in [-0.2, 0) is 38.4 Å². The molecule has 0 saturated carbocycles. The summed E-state index contributed by atoms with van der Waals surface area (Å²) in [5.74, 6) is -1.98. The number of nitrogens with zero attached hydrogens (tertiary/aromatic N) is 1. The quantitative estimate of drug-likeness (QED) is 0.142. The number of amides is 4. The topological polar surface area (TPSA) is 184 Å². The molecule has 0 bridgehead atoms. The van der Waals surface area contributed by atoms with Gasteiger partial charge < -0.3 is 37.1 Å². The molecule has 0 aliphatic carbocycles. The van der Waals surface area contributed by atoms with Crippen LogP contribution in [-0.4, -0.2) is 69.3 Å². The van der Waals surface area contributed by atoms with Gasteiger partial charge in [0.2, 0.25) is 23.6 Å². The number of para-hydroxylation sites is 1. The van der Waals surface area contributed by atoms with E-state index in [1.807, 2.05) is 54.6 Å². The average molecular weight is 611 g/mol. The monoisotopic (exact) mass is 610 g/mol. The molecule has 8 N–H and O–H groups in total. The van der Waals surface area contributed by atoms with E-state index in [9.17, 15) is 24.3 Å². The molecular formula is C34H38N6O5. The van der Waals surface area contributed by atoms with Crippen molar-refractivity contribution >= 4 is 34.5 Å². The zero-order valence-electron chi connectivity index (χ0n) is 24.8. The maximum absolute atomic E-state index is 13.7. The van der Waals surface area contributed by atoms with Crippen LogP contribution in [0.25, 0.3) is 10.9 Å². The van der Waals surface area contributed by atoms with Crippen molar-refractivity contribution in [3.8, 4) is 5.75 Å². The molecule has 0 unspecified atom stereocenters. The third-order valence-electron chi connectivity index (χ3n) is 8.22. The Morgan fingerprint density at radius 1 is 0.867 bits per heavy atom. The predicted molar refractivity (Wildman–Crippen MR) is 170 cm³/mol. The fourth-order valence-electron chi connectivity index (χ4n) is 5.83. The third-order valence-corrected chi connectivity index (χ3v) is 8.22. The second-order valence-corrected chi connectivity index (χ2v) is 11.4. The van der Waals surface area contributed by atoms with Crippen LogP contribution in [0.2, 0.25) is 0 Å². The minimum atomic E-state index is -1.06. The number of aromatic amines is 1. The summed E-state index contributed by atoms with van der Waals surface area (Å²) >= 11 is 0. The number of carbonyl (C=O) groups is 4. The molecule has 11 heteroatoms. The van der Waals surface area contributed by atoms with Crippen LogP contribution >= 0.6 is 0 Å². The van der Waals surface area contributed by atoms with E-state index in [1.165, 1.54) is 17.0 Å². The number of phenolic OH excluding ortho intramolecular Hbond substituents is 1. The fraction of sp³-hybridized carbons (Fsp3) is 0.294.